The quantitative estimate of drug-likeness (QED) is 0.837. The van der Waals surface area contributed by atoms with Crippen molar-refractivity contribution in [1.29, 1.82) is 0 Å². The fraction of sp³-hybridized carbons (Fsp3) is 0.385. The summed E-state index contributed by atoms with van der Waals surface area (Å²) < 4.78 is 39.9. The van der Waals surface area contributed by atoms with Crippen LogP contribution < -0.4 is 5.32 Å². The van der Waals surface area contributed by atoms with Gasteiger partial charge in [-0.25, -0.2) is 13.2 Å². The first-order valence-electron chi connectivity index (χ1n) is 6.08. The number of piperidine rings is 1. The highest BCUT2D eigenvalue weighted by atomic mass is 19.2. The molecule has 0 unspecified atom stereocenters. The molecule has 0 aliphatic carbocycles. The molecule has 1 heterocycles. The fourth-order valence-corrected chi connectivity index (χ4v) is 2.12. The van der Waals surface area contributed by atoms with Crippen molar-refractivity contribution >= 4 is 11.8 Å². The van der Waals surface area contributed by atoms with Crippen molar-refractivity contribution in [3.8, 4) is 0 Å². The second-order valence-electron chi connectivity index (χ2n) is 4.70. The molecule has 2 amide bonds. The van der Waals surface area contributed by atoms with Crippen LogP contribution in [0.5, 0.6) is 0 Å². The topological polar surface area (TPSA) is 49.4 Å². The van der Waals surface area contributed by atoms with Crippen LogP contribution in [0, 0.1) is 17.5 Å². The van der Waals surface area contributed by atoms with E-state index < -0.39 is 35.0 Å². The monoisotopic (exact) mass is 286 g/mol. The van der Waals surface area contributed by atoms with Crippen LogP contribution in [-0.4, -0.2) is 36.3 Å². The number of likely N-dealkylation sites (N-methyl/N-ethyl adjacent to an activating group) is 1. The number of carbonyl (C=O) groups excluding carboxylic acids is 2. The van der Waals surface area contributed by atoms with Gasteiger partial charge >= 0.3 is 0 Å². The SMILES string of the molecule is CN1C[C@@H](NC(=O)c2c(F)ccc(F)c2F)CCC1=O. The number of carbonyl (C=O) groups is 2. The van der Waals surface area contributed by atoms with Crippen molar-refractivity contribution in [3.05, 3.63) is 35.1 Å². The predicted molar refractivity (Wildman–Crippen MR) is 64.4 cm³/mol. The number of hydrogen-bond acceptors (Lipinski definition) is 2. The molecule has 0 radical (unpaired) electrons. The zero-order chi connectivity index (χ0) is 14.9. The largest absolute Gasteiger partial charge is 0.347 e. The van der Waals surface area contributed by atoms with Crippen molar-refractivity contribution in [3.63, 3.8) is 0 Å². The van der Waals surface area contributed by atoms with Crippen LogP contribution in [0.2, 0.25) is 0 Å². The van der Waals surface area contributed by atoms with Crippen molar-refractivity contribution < 1.29 is 22.8 Å². The first-order valence-corrected chi connectivity index (χ1v) is 6.08. The number of nitrogens with one attached hydrogen (secondary N) is 1. The smallest absolute Gasteiger partial charge is 0.257 e. The van der Waals surface area contributed by atoms with Gasteiger partial charge in [0.2, 0.25) is 5.91 Å². The Morgan fingerprint density at radius 3 is 2.60 bits per heavy atom. The Labute approximate surface area is 113 Å². The van der Waals surface area contributed by atoms with Gasteiger partial charge in [-0.15, -0.1) is 0 Å². The number of rotatable bonds is 2. The van der Waals surface area contributed by atoms with Crippen molar-refractivity contribution in [2.75, 3.05) is 13.6 Å². The van der Waals surface area contributed by atoms with Crippen LogP contribution in [0.1, 0.15) is 23.2 Å². The highest BCUT2D eigenvalue weighted by Crippen LogP contribution is 2.17. The second kappa shape index (κ2) is 5.52. The number of amides is 2. The Bertz CT molecular complexity index is 563. The summed E-state index contributed by atoms with van der Waals surface area (Å²) in [6.45, 7) is 0.253. The van der Waals surface area contributed by atoms with Crippen LogP contribution in [0.4, 0.5) is 13.2 Å². The summed E-state index contributed by atoms with van der Waals surface area (Å²) in [6.07, 6.45) is 0.628. The number of benzene rings is 1. The minimum Gasteiger partial charge on any atom is -0.347 e. The molecule has 7 heteroatoms. The van der Waals surface area contributed by atoms with Gasteiger partial charge in [0.05, 0.1) is 0 Å². The molecule has 0 spiro atoms. The number of nitrogens with zero attached hydrogens (tertiary/aromatic N) is 1. The maximum Gasteiger partial charge on any atom is 0.257 e. The van der Waals surface area contributed by atoms with E-state index in [4.69, 9.17) is 0 Å². The lowest BCUT2D eigenvalue weighted by Crippen LogP contribution is -2.48. The van der Waals surface area contributed by atoms with Gasteiger partial charge in [-0.3, -0.25) is 9.59 Å². The van der Waals surface area contributed by atoms with E-state index in [2.05, 4.69) is 5.32 Å². The number of halogens is 3. The molecule has 1 N–H and O–H groups in total. The van der Waals surface area contributed by atoms with Gasteiger partial charge < -0.3 is 10.2 Å². The molecule has 0 aromatic heterocycles. The Balaban J connectivity index is 2.13. The van der Waals surface area contributed by atoms with Crippen molar-refractivity contribution in [1.82, 2.24) is 10.2 Å². The first kappa shape index (κ1) is 14.4. The molecule has 1 fully saturated rings. The van der Waals surface area contributed by atoms with E-state index in [1.54, 1.807) is 7.05 Å². The van der Waals surface area contributed by atoms with E-state index in [0.29, 0.717) is 18.6 Å². The average molecular weight is 286 g/mol. The van der Waals surface area contributed by atoms with Crippen LogP contribution in [0.3, 0.4) is 0 Å². The molecule has 2 rings (SSSR count). The molecular weight excluding hydrogens is 273 g/mol. The molecule has 108 valence electrons. The normalized spacial score (nSPS) is 19.1. The zero-order valence-electron chi connectivity index (χ0n) is 10.8. The summed E-state index contributed by atoms with van der Waals surface area (Å²) >= 11 is 0. The van der Waals surface area contributed by atoms with Gasteiger partial charge in [-0.05, 0) is 18.6 Å². The molecule has 1 aromatic rings. The van der Waals surface area contributed by atoms with E-state index in [1.807, 2.05) is 0 Å². The van der Waals surface area contributed by atoms with E-state index in [0.717, 1.165) is 0 Å². The van der Waals surface area contributed by atoms with Gasteiger partial charge in [0.1, 0.15) is 11.4 Å². The van der Waals surface area contributed by atoms with Gasteiger partial charge in [0.15, 0.2) is 11.6 Å². The summed E-state index contributed by atoms with van der Waals surface area (Å²) in [5.41, 5.74) is -0.940. The fourth-order valence-electron chi connectivity index (χ4n) is 2.12. The Kier molecular flexibility index (Phi) is 3.96. The van der Waals surface area contributed by atoms with Crippen molar-refractivity contribution in [2.24, 2.45) is 0 Å². The maximum atomic E-state index is 13.5. The molecule has 20 heavy (non-hydrogen) atoms. The number of likely N-dealkylation sites (tertiary alicyclic amines) is 1. The third-order valence-electron chi connectivity index (χ3n) is 3.23. The van der Waals surface area contributed by atoms with Crippen LogP contribution >= 0.6 is 0 Å². The molecule has 0 saturated carbocycles. The van der Waals surface area contributed by atoms with Crippen LogP contribution in [0.25, 0.3) is 0 Å². The third kappa shape index (κ3) is 2.76. The molecule has 0 bridgehead atoms. The molecule has 1 atom stereocenters. The second-order valence-corrected chi connectivity index (χ2v) is 4.70. The Morgan fingerprint density at radius 2 is 1.95 bits per heavy atom. The minimum atomic E-state index is -1.51. The molecule has 1 saturated heterocycles. The van der Waals surface area contributed by atoms with Gasteiger partial charge in [0.25, 0.3) is 5.91 Å². The zero-order valence-corrected chi connectivity index (χ0v) is 10.8. The van der Waals surface area contributed by atoms with Gasteiger partial charge in [-0.2, -0.15) is 0 Å². The standard InChI is InChI=1S/C13H13F3N2O2/c1-18-6-7(2-5-10(18)19)17-13(20)11-8(14)3-4-9(15)12(11)16/h3-4,7H,2,5-6H2,1H3,(H,17,20)/t7-/m0/s1. The lowest BCUT2D eigenvalue weighted by Gasteiger charge is -2.30. The lowest BCUT2D eigenvalue weighted by molar-refractivity contribution is -0.132. The molecule has 1 aliphatic heterocycles. The van der Waals surface area contributed by atoms with E-state index >= 15 is 0 Å². The first-order chi connectivity index (χ1) is 9.40. The summed E-state index contributed by atoms with van der Waals surface area (Å²) in [6, 6.07) is 0.908. The van der Waals surface area contributed by atoms with E-state index in [9.17, 15) is 22.8 Å². The highest BCUT2D eigenvalue weighted by molar-refractivity contribution is 5.95. The molecule has 4 nitrogen and oxygen atoms in total. The molecule has 1 aliphatic rings. The summed E-state index contributed by atoms with van der Waals surface area (Å²) in [5.74, 6) is -5.00. The summed E-state index contributed by atoms with van der Waals surface area (Å²) in [4.78, 5) is 24.5. The molecular formula is C13H13F3N2O2. The van der Waals surface area contributed by atoms with Gasteiger partial charge in [-0.1, -0.05) is 0 Å². The van der Waals surface area contributed by atoms with Crippen LogP contribution in [-0.2, 0) is 4.79 Å². The van der Waals surface area contributed by atoms with Crippen LogP contribution in [0.15, 0.2) is 12.1 Å². The highest BCUT2D eigenvalue weighted by Gasteiger charge is 2.27. The van der Waals surface area contributed by atoms with E-state index in [-0.39, 0.29) is 18.9 Å². The Hall–Kier alpha value is -2.05. The van der Waals surface area contributed by atoms with Gasteiger partial charge in [0, 0.05) is 26.1 Å². The van der Waals surface area contributed by atoms with E-state index in [1.165, 1.54) is 4.90 Å². The third-order valence-corrected chi connectivity index (χ3v) is 3.23. The predicted octanol–water partition coefficient (Wildman–Crippen LogP) is 1.45. The summed E-state index contributed by atoms with van der Waals surface area (Å²) in [7, 11) is 1.57. The minimum absolute atomic E-state index is 0.0568. The lowest BCUT2D eigenvalue weighted by atomic mass is 10.0. The Morgan fingerprint density at radius 1 is 1.30 bits per heavy atom. The molecule has 1 aromatic carbocycles. The number of hydrogen-bond donors (Lipinski definition) is 1. The average Bonchev–Trinajstić information content (AvgIpc) is 2.39. The summed E-state index contributed by atoms with van der Waals surface area (Å²) in [5, 5.41) is 2.42. The van der Waals surface area contributed by atoms with Crippen molar-refractivity contribution in [2.45, 2.75) is 18.9 Å². The maximum absolute atomic E-state index is 13.5.